The molecule has 1 fully saturated rings. The summed E-state index contributed by atoms with van der Waals surface area (Å²) >= 11 is 0. The van der Waals surface area contributed by atoms with Crippen LogP contribution in [-0.2, 0) is 11.8 Å². The van der Waals surface area contributed by atoms with Gasteiger partial charge in [-0.15, -0.1) is 0 Å². The molecule has 0 unspecified atom stereocenters. The van der Waals surface area contributed by atoms with Crippen molar-refractivity contribution in [2.24, 2.45) is 18.5 Å². The molecule has 0 aliphatic carbocycles. The second kappa shape index (κ2) is 6.91. The Morgan fingerprint density at radius 3 is 2.67 bits per heavy atom. The average molecular weight is 295 g/mol. The Kier molecular flexibility index (Phi) is 5.19. The Balaban J connectivity index is 2.01. The van der Waals surface area contributed by atoms with E-state index < -0.39 is 5.91 Å². The molecule has 7 heteroatoms. The zero-order valence-electron chi connectivity index (χ0n) is 12.8. The molecule has 118 valence electrons. The number of rotatable bonds is 6. The van der Waals surface area contributed by atoms with Gasteiger partial charge in [-0.05, 0) is 32.7 Å². The standard InChI is InChI=1S/C14H25N5O2/c1-10-12(13(16)20)14(18(2)17-10)19-7-4-11(5-8-19)21-9-3-6-15/h11H,3-9,15H2,1-2H3,(H2,16,20). The highest BCUT2D eigenvalue weighted by Gasteiger charge is 2.27. The maximum atomic E-state index is 11.6. The monoisotopic (exact) mass is 295 g/mol. The highest BCUT2D eigenvalue weighted by atomic mass is 16.5. The molecule has 1 aromatic rings. The van der Waals surface area contributed by atoms with Crippen molar-refractivity contribution in [2.45, 2.75) is 32.3 Å². The van der Waals surface area contributed by atoms with E-state index in [0.717, 1.165) is 44.8 Å². The van der Waals surface area contributed by atoms with Crippen molar-refractivity contribution in [3.8, 4) is 0 Å². The molecule has 21 heavy (non-hydrogen) atoms. The number of piperidine rings is 1. The van der Waals surface area contributed by atoms with Gasteiger partial charge in [0.2, 0.25) is 0 Å². The fourth-order valence-corrected chi connectivity index (χ4v) is 2.86. The minimum Gasteiger partial charge on any atom is -0.378 e. The predicted octanol–water partition coefficient (Wildman–Crippen LogP) is 0.162. The number of carbonyl (C=O) groups excluding carboxylic acids is 1. The molecule has 2 heterocycles. The first-order chi connectivity index (χ1) is 10.0. The van der Waals surface area contributed by atoms with Gasteiger partial charge >= 0.3 is 0 Å². The molecule has 0 aromatic carbocycles. The van der Waals surface area contributed by atoms with Crippen LogP contribution in [0, 0.1) is 6.92 Å². The van der Waals surface area contributed by atoms with Crippen LogP contribution in [-0.4, -0.2) is 48.0 Å². The molecule has 0 saturated carbocycles. The van der Waals surface area contributed by atoms with Crippen LogP contribution in [0.25, 0.3) is 0 Å². The summed E-state index contributed by atoms with van der Waals surface area (Å²) in [6.45, 7) is 4.87. The molecule has 2 rings (SSSR count). The van der Waals surface area contributed by atoms with Crippen LogP contribution in [0.3, 0.4) is 0 Å². The average Bonchev–Trinajstić information content (AvgIpc) is 2.75. The highest BCUT2D eigenvalue weighted by Crippen LogP contribution is 2.26. The van der Waals surface area contributed by atoms with Gasteiger partial charge in [0.05, 0.1) is 11.8 Å². The smallest absolute Gasteiger partial charge is 0.254 e. The number of amides is 1. The molecular weight excluding hydrogens is 270 g/mol. The largest absolute Gasteiger partial charge is 0.378 e. The van der Waals surface area contributed by atoms with E-state index in [1.54, 1.807) is 4.68 Å². The van der Waals surface area contributed by atoms with Crippen molar-refractivity contribution in [1.82, 2.24) is 9.78 Å². The van der Waals surface area contributed by atoms with Crippen LogP contribution in [0.15, 0.2) is 0 Å². The SMILES string of the molecule is Cc1nn(C)c(N2CCC(OCCCN)CC2)c1C(N)=O. The molecule has 1 aliphatic heterocycles. The third kappa shape index (κ3) is 3.54. The van der Waals surface area contributed by atoms with Gasteiger partial charge in [0.15, 0.2) is 0 Å². The normalized spacial score (nSPS) is 16.4. The molecule has 0 bridgehead atoms. The summed E-state index contributed by atoms with van der Waals surface area (Å²) in [4.78, 5) is 13.8. The number of nitrogens with two attached hydrogens (primary N) is 2. The fourth-order valence-electron chi connectivity index (χ4n) is 2.86. The fraction of sp³-hybridized carbons (Fsp3) is 0.714. The first-order valence-corrected chi connectivity index (χ1v) is 7.44. The summed E-state index contributed by atoms with van der Waals surface area (Å²) in [5.74, 6) is 0.400. The molecule has 1 aromatic heterocycles. The second-order valence-corrected chi connectivity index (χ2v) is 5.47. The third-order valence-corrected chi connectivity index (χ3v) is 3.88. The number of nitrogens with zero attached hydrogens (tertiary/aromatic N) is 3. The van der Waals surface area contributed by atoms with Crippen molar-refractivity contribution in [1.29, 1.82) is 0 Å². The lowest BCUT2D eigenvalue weighted by atomic mass is 10.1. The van der Waals surface area contributed by atoms with Gasteiger partial charge in [-0.1, -0.05) is 0 Å². The van der Waals surface area contributed by atoms with E-state index in [4.69, 9.17) is 16.2 Å². The van der Waals surface area contributed by atoms with Gasteiger partial charge in [-0.25, -0.2) is 0 Å². The number of ether oxygens (including phenoxy) is 1. The third-order valence-electron chi connectivity index (χ3n) is 3.88. The number of anilines is 1. The van der Waals surface area contributed by atoms with E-state index >= 15 is 0 Å². The van der Waals surface area contributed by atoms with E-state index in [1.807, 2.05) is 14.0 Å². The molecule has 4 N–H and O–H groups in total. The summed E-state index contributed by atoms with van der Waals surface area (Å²) in [5.41, 5.74) is 12.2. The van der Waals surface area contributed by atoms with Gasteiger partial charge < -0.3 is 21.1 Å². The minimum atomic E-state index is -0.420. The van der Waals surface area contributed by atoms with Crippen LogP contribution >= 0.6 is 0 Å². The Morgan fingerprint density at radius 1 is 1.43 bits per heavy atom. The Bertz CT molecular complexity index is 492. The molecule has 0 atom stereocenters. The summed E-state index contributed by atoms with van der Waals surface area (Å²) in [7, 11) is 1.85. The van der Waals surface area contributed by atoms with Crippen molar-refractivity contribution in [2.75, 3.05) is 31.1 Å². The van der Waals surface area contributed by atoms with Crippen molar-refractivity contribution in [3.63, 3.8) is 0 Å². The van der Waals surface area contributed by atoms with Crippen molar-refractivity contribution in [3.05, 3.63) is 11.3 Å². The zero-order chi connectivity index (χ0) is 15.4. The minimum absolute atomic E-state index is 0.277. The van der Waals surface area contributed by atoms with Crippen LogP contribution in [0.1, 0.15) is 35.3 Å². The van der Waals surface area contributed by atoms with E-state index in [-0.39, 0.29) is 6.10 Å². The van der Waals surface area contributed by atoms with Crippen LogP contribution in [0.5, 0.6) is 0 Å². The molecule has 0 radical (unpaired) electrons. The zero-order valence-corrected chi connectivity index (χ0v) is 12.8. The quantitative estimate of drug-likeness (QED) is 0.728. The van der Waals surface area contributed by atoms with Gasteiger partial charge in [0, 0.05) is 26.7 Å². The van der Waals surface area contributed by atoms with E-state index in [9.17, 15) is 4.79 Å². The maximum absolute atomic E-state index is 11.6. The highest BCUT2D eigenvalue weighted by molar-refractivity contribution is 5.99. The first kappa shape index (κ1) is 15.8. The topological polar surface area (TPSA) is 99.4 Å². The van der Waals surface area contributed by atoms with E-state index in [1.165, 1.54) is 0 Å². The number of aryl methyl sites for hydroxylation is 2. The predicted molar refractivity (Wildman–Crippen MR) is 81.3 cm³/mol. The second-order valence-electron chi connectivity index (χ2n) is 5.47. The summed E-state index contributed by atoms with van der Waals surface area (Å²) in [6.07, 6.45) is 3.05. The lowest BCUT2D eigenvalue weighted by molar-refractivity contribution is 0.0364. The number of aromatic nitrogens is 2. The Labute approximate surface area is 125 Å². The number of primary amides is 1. The molecule has 1 aliphatic rings. The Morgan fingerprint density at radius 2 is 2.10 bits per heavy atom. The van der Waals surface area contributed by atoms with Crippen LogP contribution in [0.2, 0.25) is 0 Å². The molecule has 7 nitrogen and oxygen atoms in total. The van der Waals surface area contributed by atoms with Crippen LogP contribution in [0.4, 0.5) is 5.82 Å². The number of hydrogen-bond acceptors (Lipinski definition) is 5. The van der Waals surface area contributed by atoms with Gasteiger partial charge in [-0.3, -0.25) is 9.48 Å². The molecule has 0 spiro atoms. The van der Waals surface area contributed by atoms with E-state index in [2.05, 4.69) is 10.00 Å². The van der Waals surface area contributed by atoms with Crippen molar-refractivity contribution >= 4 is 11.7 Å². The van der Waals surface area contributed by atoms with Crippen molar-refractivity contribution < 1.29 is 9.53 Å². The van der Waals surface area contributed by atoms with Gasteiger partial charge in [-0.2, -0.15) is 5.10 Å². The lowest BCUT2D eigenvalue weighted by Gasteiger charge is -2.33. The lowest BCUT2D eigenvalue weighted by Crippen LogP contribution is -2.39. The van der Waals surface area contributed by atoms with Gasteiger partial charge in [0.25, 0.3) is 5.91 Å². The maximum Gasteiger partial charge on any atom is 0.254 e. The van der Waals surface area contributed by atoms with Crippen LogP contribution < -0.4 is 16.4 Å². The summed E-state index contributed by atoms with van der Waals surface area (Å²) in [5, 5.41) is 4.32. The molecular formula is C14H25N5O2. The van der Waals surface area contributed by atoms with Gasteiger partial charge in [0.1, 0.15) is 11.4 Å². The summed E-state index contributed by atoms with van der Waals surface area (Å²) < 4.78 is 7.54. The number of carbonyl (C=O) groups is 1. The number of hydrogen-bond donors (Lipinski definition) is 2. The van der Waals surface area contributed by atoms with E-state index in [0.29, 0.717) is 17.8 Å². The Hall–Kier alpha value is -1.60. The summed E-state index contributed by atoms with van der Waals surface area (Å²) in [6, 6.07) is 0. The molecule has 1 saturated heterocycles. The molecule has 1 amide bonds. The first-order valence-electron chi connectivity index (χ1n) is 7.44.